The SMILES string of the molecule is CC(C)(C)NCC1CCCCN1CCC1CC1. The lowest BCUT2D eigenvalue weighted by molar-refractivity contribution is 0.135. The Morgan fingerprint density at radius 3 is 2.53 bits per heavy atom. The highest BCUT2D eigenvalue weighted by molar-refractivity contribution is 4.83. The standard InChI is InChI=1S/C15H30N2/c1-15(2,3)16-12-14-6-4-5-10-17(14)11-9-13-7-8-13/h13-14,16H,4-12H2,1-3H3. The maximum absolute atomic E-state index is 3.68. The van der Waals surface area contributed by atoms with E-state index in [1.165, 1.54) is 58.2 Å². The van der Waals surface area contributed by atoms with E-state index in [0.29, 0.717) is 0 Å². The van der Waals surface area contributed by atoms with E-state index >= 15 is 0 Å². The van der Waals surface area contributed by atoms with Gasteiger partial charge in [-0.05, 0) is 59.0 Å². The largest absolute Gasteiger partial charge is 0.311 e. The third-order valence-corrected chi connectivity index (χ3v) is 4.14. The molecule has 2 aliphatic rings. The smallest absolute Gasteiger partial charge is 0.0220 e. The molecule has 100 valence electrons. The van der Waals surface area contributed by atoms with Gasteiger partial charge in [-0.25, -0.2) is 0 Å². The zero-order valence-electron chi connectivity index (χ0n) is 12.0. The van der Waals surface area contributed by atoms with Gasteiger partial charge >= 0.3 is 0 Å². The molecule has 1 saturated carbocycles. The van der Waals surface area contributed by atoms with E-state index in [9.17, 15) is 0 Å². The summed E-state index contributed by atoms with van der Waals surface area (Å²) in [4.78, 5) is 2.75. The van der Waals surface area contributed by atoms with Crippen molar-refractivity contribution in [3.8, 4) is 0 Å². The number of nitrogens with one attached hydrogen (secondary N) is 1. The molecule has 2 fully saturated rings. The zero-order chi connectivity index (χ0) is 12.3. The molecule has 0 radical (unpaired) electrons. The molecule has 0 bridgehead atoms. The molecular weight excluding hydrogens is 208 g/mol. The Labute approximate surface area is 107 Å². The van der Waals surface area contributed by atoms with Gasteiger partial charge < -0.3 is 5.32 Å². The Morgan fingerprint density at radius 1 is 1.12 bits per heavy atom. The van der Waals surface area contributed by atoms with Crippen molar-refractivity contribution in [2.24, 2.45) is 5.92 Å². The molecule has 17 heavy (non-hydrogen) atoms. The van der Waals surface area contributed by atoms with Crippen molar-refractivity contribution in [1.29, 1.82) is 0 Å². The molecule has 0 spiro atoms. The van der Waals surface area contributed by atoms with Crippen LogP contribution in [0.4, 0.5) is 0 Å². The van der Waals surface area contributed by atoms with Crippen molar-refractivity contribution in [2.75, 3.05) is 19.6 Å². The fourth-order valence-electron chi connectivity index (χ4n) is 2.76. The molecule has 0 aromatic heterocycles. The van der Waals surface area contributed by atoms with Gasteiger partial charge in [0, 0.05) is 18.1 Å². The summed E-state index contributed by atoms with van der Waals surface area (Å²) in [6.45, 7) is 10.7. The average Bonchev–Trinajstić information content (AvgIpc) is 3.07. The predicted octanol–water partition coefficient (Wildman–Crippen LogP) is 3.03. The first-order valence-electron chi connectivity index (χ1n) is 7.54. The first kappa shape index (κ1) is 13.4. The Hall–Kier alpha value is -0.0800. The highest BCUT2D eigenvalue weighted by atomic mass is 15.2. The molecule has 1 aliphatic heterocycles. The molecule has 1 unspecified atom stereocenters. The molecule has 0 aromatic rings. The highest BCUT2D eigenvalue weighted by Crippen LogP contribution is 2.33. The lowest BCUT2D eigenvalue weighted by atomic mass is 10.00. The quantitative estimate of drug-likeness (QED) is 0.792. The van der Waals surface area contributed by atoms with Crippen LogP contribution in [0.15, 0.2) is 0 Å². The van der Waals surface area contributed by atoms with Crippen molar-refractivity contribution in [2.45, 2.75) is 70.9 Å². The molecule has 2 rings (SSSR count). The zero-order valence-corrected chi connectivity index (χ0v) is 12.0. The van der Waals surface area contributed by atoms with Crippen molar-refractivity contribution in [1.82, 2.24) is 10.2 Å². The van der Waals surface area contributed by atoms with E-state index in [2.05, 4.69) is 31.0 Å². The van der Waals surface area contributed by atoms with E-state index in [0.717, 1.165) is 12.0 Å². The number of hydrogen-bond acceptors (Lipinski definition) is 2. The van der Waals surface area contributed by atoms with E-state index in [1.807, 2.05) is 0 Å². The molecule has 2 heteroatoms. The van der Waals surface area contributed by atoms with Crippen molar-refractivity contribution in [3.63, 3.8) is 0 Å². The summed E-state index contributed by atoms with van der Waals surface area (Å²) >= 11 is 0. The summed E-state index contributed by atoms with van der Waals surface area (Å²) in [6.07, 6.45) is 8.68. The van der Waals surface area contributed by atoms with Gasteiger partial charge in [0.05, 0.1) is 0 Å². The lowest BCUT2D eigenvalue weighted by Crippen LogP contribution is -2.49. The van der Waals surface area contributed by atoms with Crippen LogP contribution in [0, 0.1) is 5.92 Å². The van der Waals surface area contributed by atoms with Crippen molar-refractivity contribution >= 4 is 0 Å². The molecule has 0 aromatic carbocycles. The monoisotopic (exact) mass is 238 g/mol. The fourth-order valence-corrected chi connectivity index (χ4v) is 2.76. The second-order valence-electron chi connectivity index (χ2n) is 7.05. The van der Waals surface area contributed by atoms with Gasteiger partial charge in [0.25, 0.3) is 0 Å². The summed E-state index contributed by atoms with van der Waals surface area (Å²) in [5.74, 6) is 1.08. The molecular formula is C15H30N2. The van der Waals surface area contributed by atoms with Crippen LogP contribution in [0.5, 0.6) is 0 Å². The lowest BCUT2D eigenvalue weighted by Gasteiger charge is -2.37. The number of rotatable bonds is 5. The summed E-state index contributed by atoms with van der Waals surface area (Å²) in [7, 11) is 0. The van der Waals surface area contributed by atoms with Crippen LogP contribution in [0.2, 0.25) is 0 Å². The van der Waals surface area contributed by atoms with Crippen LogP contribution >= 0.6 is 0 Å². The second-order valence-corrected chi connectivity index (χ2v) is 7.05. The van der Waals surface area contributed by atoms with Gasteiger partial charge in [0.1, 0.15) is 0 Å². The Kier molecular flexibility index (Phi) is 4.48. The second kappa shape index (κ2) is 5.71. The van der Waals surface area contributed by atoms with E-state index in [4.69, 9.17) is 0 Å². The van der Waals surface area contributed by atoms with E-state index < -0.39 is 0 Å². The Balaban J connectivity index is 1.74. The van der Waals surface area contributed by atoms with Crippen LogP contribution in [-0.4, -0.2) is 36.1 Å². The summed E-state index contributed by atoms with van der Waals surface area (Å²) in [5, 5.41) is 3.68. The van der Waals surface area contributed by atoms with Gasteiger partial charge in [-0.2, -0.15) is 0 Å². The summed E-state index contributed by atoms with van der Waals surface area (Å²) in [5.41, 5.74) is 0.264. The molecule has 1 N–H and O–H groups in total. The molecule has 1 saturated heterocycles. The molecule has 1 atom stereocenters. The fraction of sp³-hybridized carbons (Fsp3) is 1.00. The topological polar surface area (TPSA) is 15.3 Å². The predicted molar refractivity (Wildman–Crippen MR) is 74.3 cm³/mol. The van der Waals surface area contributed by atoms with E-state index in [-0.39, 0.29) is 5.54 Å². The van der Waals surface area contributed by atoms with Gasteiger partial charge in [-0.15, -0.1) is 0 Å². The molecule has 2 nitrogen and oxygen atoms in total. The summed E-state index contributed by atoms with van der Waals surface area (Å²) < 4.78 is 0. The molecule has 1 heterocycles. The average molecular weight is 238 g/mol. The van der Waals surface area contributed by atoms with Crippen LogP contribution in [0.1, 0.15) is 59.3 Å². The minimum atomic E-state index is 0.264. The number of likely N-dealkylation sites (tertiary alicyclic amines) is 1. The first-order valence-corrected chi connectivity index (χ1v) is 7.54. The Bertz CT molecular complexity index is 228. The van der Waals surface area contributed by atoms with Gasteiger partial charge in [-0.1, -0.05) is 19.3 Å². The maximum Gasteiger partial charge on any atom is 0.0220 e. The van der Waals surface area contributed by atoms with Gasteiger partial charge in [0.2, 0.25) is 0 Å². The van der Waals surface area contributed by atoms with Crippen LogP contribution in [0.25, 0.3) is 0 Å². The van der Waals surface area contributed by atoms with Crippen LogP contribution in [-0.2, 0) is 0 Å². The minimum Gasteiger partial charge on any atom is -0.311 e. The normalized spacial score (nSPS) is 27.4. The Morgan fingerprint density at radius 2 is 1.88 bits per heavy atom. The number of nitrogens with zero attached hydrogens (tertiary/aromatic N) is 1. The third-order valence-electron chi connectivity index (χ3n) is 4.14. The number of piperidine rings is 1. The van der Waals surface area contributed by atoms with Crippen LogP contribution < -0.4 is 5.32 Å². The first-order chi connectivity index (χ1) is 8.04. The van der Waals surface area contributed by atoms with Gasteiger partial charge in [0.15, 0.2) is 0 Å². The van der Waals surface area contributed by atoms with Crippen molar-refractivity contribution in [3.05, 3.63) is 0 Å². The third kappa shape index (κ3) is 4.97. The molecule has 0 amide bonds. The number of hydrogen-bond donors (Lipinski definition) is 1. The minimum absolute atomic E-state index is 0.264. The summed E-state index contributed by atoms with van der Waals surface area (Å²) in [6, 6.07) is 0.793. The van der Waals surface area contributed by atoms with Crippen LogP contribution in [0.3, 0.4) is 0 Å². The highest BCUT2D eigenvalue weighted by Gasteiger charge is 2.26. The van der Waals surface area contributed by atoms with Crippen molar-refractivity contribution < 1.29 is 0 Å². The molecule has 1 aliphatic carbocycles. The maximum atomic E-state index is 3.68. The van der Waals surface area contributed by atoms with Gasteiger partial charge in [-0.3, -0.25) is 4.90 Å². The van der Waals surface area contributed by atoms with E-state index in [1.54, 1.807) is 0 Å².